The second-order valence-electron chi connectivity index (χ2n) is 4.27. The lowest BCUT2D eigenvalue weighted by Gasteiger charge is -2.30. The molecule has 2 atom stereocenters. The third-order valence-electron chi connectivity index (χ3n) is 3.41. The van der Waals surface area contributed by atoms with Crippen molar-refractivity contribution in [2.45, 2.75) is 40.5 Å². The van der Waals surface area contributed by atoms with E-state index < -0.39 is 0 Å². The molecule has 0 heterocycles. The largest absolute Gasteiger partial charge is 0.0805 e. The normalized spacial score (nSPS) is 22.7. The van der Waals surface area contributed by atoms with Crippen molar-refractivity contribution in [3.63, 3.8) is 0 Å². The van der Waals surface area contributed by atoms with Crippen molar-refractivity contribution in [1.29, 1.82) is 0 Å². The van der Waals surface area contributed by atoms with Gasteiger partial charge in [0.15, 0.2) is 0 Å². The molecule has 0 bridgehead atoms. The second kappa shape index (κ2) is 7.92. The maximum absolute atomic E-state index is 2.36. The van der Waals surface area contributed by atoms with Crippen LogP contribution in [0.5, 0.6) is 0 Å². The highest BCUT2D eigenvalue weighted by Crippen LogP contribution is 2.33. The molecule has 0 saturated heterocycles. The number of hydrogen-bond donors (Lipinski definition) is 0. The minimum Gasteiger partial charge on any atom is -0.0805 e. The van der Waals surface area contributed by atoms with Crippen LogP contribution in [0.4, 0.5) is 0 Å². The average molecular weight is 242 g/mol. The Morgan fingerprint density at radius 2 is 1.11 bits per heavy atom. The summed E-state index contributed by atoms with van der Waals surface area (Å²) >= 11 is 0. The number of allylic oxidation sites excluding steroid dienone is 4. The van der Waals surface area contributed by atoms with E-state index >= 15 is 0 Å². The van der Waals surface area contributed by atoms with E-state index in [1.54, 1.807) is 11.1 Å². The molecule has 1 aromatic rings. The van der Waals surface area contributed by atoms with Gasteiger partial charge in [0.1, 0.15) is 0 Å². The summed E-state index contributed by atoms with van der Waals surface area (Å²) in [6.07, 6.45) is 11.6. The number of benzene rings is 1. The Bertz CT molecular complexity index is 359. The van der Waals surface area contributed by atoms with E-state index in [9.17, 15) is 0 Å². The molecule has 3 rings (SSSR count). The molecule has 2 unspecified atom stereocenters. The Hall–Kier alpha value is -1.30. The molecule has 1 aromatic carbocycles. The van der Waals surface area contributed by atoms with Crippen LogP contribution in [0.3, 0.4) is 0 Å². The lowest BCUT2D eigenvalue weighted by atomic mass is 9.74. The van der Waals surface area contributed by atoms with E-state index in [-0.39, 0.29) is 0 Å². The van der Waals surface area contributed by atoms with Crippen LogP contribution >= 0.6 is 0 Å². The van der Waals surface area contributed by atoms with Gasteiger partial charge in [-0.3, -0.25) is 0 Å². The van der Waals surface area contributed by atoms with E-state index in [0.717, 1.165) is 11.8 Å². The summed E-state index contributed by atoms with van der Waals surface area (Å²) in [6.45, 7) is 8.00. The molecule has 0 N–H and O–H groups in total. The Kier molecular flexibility index (Phi) is 6.49. The van der Waals surface area contributed by atoms with Gasteiger partial charge in [-0.1, -0.05) is 76.3 Å². The first-order valence-electron chi connectivity index (χ1n) is 7.35. The third kappa shape index (κ3) is 3.35. The minimum absolute atomic E-state index is 0.745. The van der Waals surface area contributed by atoms with Crippen LogP contribution in [0.25, 0.3) is 0 Å². The van der Waals surface area contributed by atoms with Gasteiger partial charge in [0.2, 0.25) is 0 Å². The maximum atomic E-state index is 2.36. The first-order chi connectivity index (χ1) is 8.93. The Balaban J connectivity index is 0.000000371. The lowest BCUT2D eigenvalue weighted by molar-refractivity contribution is 0.437. The van der Waals surface area contributed by atoms with Gasteiger partial charge in [-0.2, -0.15) is 0 Å². The van der Waals surface area contributed by atoms with E-state index in [0.29, 0.717) is 0 Å². The Morgan fingerprint density at radius 1 is 0.722 bits per heavy atom. The van der Waals surface area contributed by atoms with Crippen molar-refractivity contribution in [3.05, 3.63) is 59.7 Å². The summed E-state index contributed by atoms with van der Waals surface area (Å²) in [7, 11) is 0. The molecule has 2 aliphatic rings. The van der Waals surface area contributed by atoms with Crippen LogP contribution in [0.15, 0.2) is 48.6 Å². The minimum atomic E-state index is 0.745. The summed E-state index contributed by atoms with van der Waals surface area (Å²) < 4.78 is 0. The number of hydrogen-bond acceptors (Lipinski definition) is 0. The molecule has 0 aromatic heterocycles. The SMILES string of the molecule is C1=CC2Cc3ccccc3CC2C=C1.CC.CC. The van der Waals surface area contributed by atoms with Gasteiger partial charge in [-0.15, -0.1) is 0 Å². The van der Waals surface area contributed by atoms with Crippen LogP contribution in [0.2, 0.25) is 0 Å². The zero-order valence-corrected chi connectivity index (χ0v) is 12.2. The van der Waals surface area contributed by atoms with Crippen molar-refractivity contribution in [3.8, 4) is 0 Å². The molecule has 0 saturated carbocycles. The fourth-order valence-electron chi connectivity index (χ4n) is 2.60. The fraction of sp³-hybridized carbons (Fsp3) is 0.444. The van der Waals surface area contributed by atoms with Crippen molar-refractivity contribution < 1.29 is 0 Å². The molecule has 0 spiro atoms. The van der Waals surface area contributed by atoms with Gasteiger partial charge >= 0.3 is 0 Å². The van der Waals surface area contributed by atoms with Crippen molar-refractivity contribution in [1.82, 2.24) is 0 Å². The van der Waals surface area contributed by atoms with Crippen molar-refractivity contribution in [2.75, 3.05) is 0 Å². The molecule has 2 aliphatic carbocycles. The summed E-state index contributed by atoms with van der Waals surface area (Å²) in [5.41, 5.74) is 3.10. The van der Waals surface area contributed by atoms with Crippen LogP contribution in [-0.2, 0) is 12.8 Å². The first-order valence-corrected chi connectivity index (χ1v) is 7.35. The van der Waals surface area contributed by atoms with Gasteiger partial charge in [0.05, 0.1) is 0 Å². The molecule has 18 heavy (non-hydrogen) atoms. The topological polar surface area (TPSA) is 0 Å². The molecule has 0 nitrogen and oxygen atoms in total. The molecular weight excluding hydrogens is 216 g/mol. The van der Waals surface area contributed by atoms with Crippen molar-refractivity contribution in [2.24, 2.45) is 11.8 Å². The predicted molar refractivity (Wildman–Crippen MR) is 81.8 cm³/mol. The van der Waals surface area contributed by atoms with Gasteiger partial charge in [-0.25, -0.2) is 0 Å². The zero-order chi connectivity index (χ0) is 13.4. The molecular formula is C18H26. The van der Waals surface area contributed by atoms with E-state index in [4.69, 9.17) is 0 Å². The molecule has 0 aliphatic heterocycles. The summed E-state index contributed by atoms with van der Waals surface area (Å²) in [6, 6.07) is 8.86. The van der Waals surface area contributed by atoms with Crippen LogP contribution < -0.4 is 0 Å². The second-order valence-corrected chi connectivity index (χ2v) is 4.27. The molecule has 0 amide bonds. The highest BCUT2D eigenvalue weighted by molar-refractivity contribution is 5.34. The van der Waals surface area contributed by atoms with Crippen LogP contribution in [-0.4, -0.2) is 0 Å². The molecule has 0 fully saturated rings. The monoisotopic (exact) mass is 242 g/mol. The molecule has 0 radical (unpaired) electrons. The first kappa shape index (κ1) is 14.8. The van der Waals surface area contributed by atoms with Crippen LogP contribution in [0, 0.1) is 11.8 Å². The highest BCUT2D eigenvalue weighted by Gasteiger charge is 2.25. The summed E-state index contributed by atoms with van der Waals surface area (Å²) in [4.78, 5) is 0. The van der Waals surface area contributed by atoms with Gasteiger partial charge < -0.3 is 0 Å². The molecule has 0 heteroatoms. The average Bonchev–Trinajstić information content (AvgIpc) is 2.49. The standard InChI is InChI=1S/C14H14.2C2H6/c1-2-6-12-10-14-8-4-3-7-13(14)9-11(12)5-1;2*1-2/h1-8,11-12H,9-10H2;2*1-2H3. The number of fused-ring (bicyclic) bond motifs is 2. The van der Waals surface area contributed by atoms with E-state index in [1.165, 1.54) is 12.8 Å². The highest BCUT2D eigenvalue weighted by atomic mass is 14.3. The Morgan fingerprint density at radius 3 is 1.50 bits per heavy atom. The van der Waals surface area contributed by atoms with Crippen LogP contribution in [0.1, 0.15) is 38.8 Å². The smallest absolute Gasteiger partial charge is 0.0124 e. The third-order valence-corrected chi connectivity index (χ3v) is 3.41. The fourth-order valence-corrected chi connectivity index (χ4v) is 2.60. The summed E-state index contributed by atoms with van der Waals surface area (Å²) in [5, 5.41) is 0. The van der Waals surface area contributed by atoms with E-state index in [2.05, 4.69) is 48.6 Å². The van der Waals surface area contributed by atoms with Gasteiger partial charge in [-0.05, 0) is 35.8 Å². The number of rotatable bonds is 0. The van der Waals surface area contributed by atoms with Crippen molar-refractivity contribution >= 4 is 0 Å². The predicted octanol–water partition coefficient (Wildman–Crippen LogP) is 5.20. The van der Waals surface area contributed by atoms with Gasteiger partial charge in [0.25, 0.3) is 0 Å². The quantitative estimate of drug-likeness (QED) is 0.587. The summed E-state index contributed by atoms with van der Waals surface area (Å²) in [5.74, 6) is 1.49. The molecule has 98 valence electrons. The Labute approximate surface area is 112 Å². The van der Waals surface area contributed by atoms with E-state index in [1.807, 2.05) is 27.7 Å². The zero-order valence-electron chi connectivity index (χ0n) is 12.2. The van der Waals surface area contributed by atoms with Gasteiger partial charge in [0, 0.05) is 0 Å². The maximum Gasteiger partial charge on any atom is -0.0124 e. The lowest BCUT2D eigenvalue weighted by Crippen LogP contribution is -2.23.